The van der Waals surface area contributed by atoms with E-state index in [1.807, 2.05) is 11.3 Å². The second kappa shape index (κ2) is 9.73. The Labute approximate surface area is 179 Å². The van der Waals surface area contributed by atoms with E-state index in [1.54, 1.807) is 10.4 Å². The summed E-state index contributed by atoms with van der Waals surface area (Å²) in [6, 6.07) is 2.81. The molecule has 0 atom stereocenters. The van der Waals surface area contributed by atoms with Crippen molar-refractivity contribution in [2.75, 3.05) is 6.54 Å². The molecule has 1 saturated carbocycles. The number of rotatable bonds is 4. The first kappa shape index (κ1) is 22.0. The predicted octanol–water partition coefficient (Wildman–Crippen LogP) is 4.24. The summed E-state index contributed by atoms with van der Waals surface area (Å²) in [5.74, 6) is 0.913. The van der Waals surface area contributed by atoms with Crippen molar-refractivity contribution < 1.29 is 5.11 Å². The topological polar surface area (TPSA) is 56.7 Å². The van der Waals surface area contributed by atoms with Crippen LogP contribution in [-0.4, -0.2) is 29.8 Å². The van der Waals surface area contributed by atoms with E-state index in [-0.39, 0.29) is 30.1 Å². The average Bonchev–Trinajstić information content (AvgIpc) is 2.95. The Hall–Kier alpha value is -0.340. The largest absolute Gasteiger partial charge is 0.393 e. The number of halogens is 1. The van der Waals surface area contributed by atoms with Crippen LogP contribution in [0, 0.1) is 5.41 Å². The van der Waals surface area contributed by atoms with Crippen molar-refractivity contribution >= 4 is 41.3 Å². The molecule has 0 amide bonds. The van der Waals surface area contributed by atoms with Crippen LogP contribution in [0.25, 0.3) is 0 Å². The molecule has 0 aliphatic heterocycles. The van der Waals surface area contributed by atoms with Crippen LogP contribution in [-0.2, 0) is 19.4 Å². The van der Waals surface area contributed by atoms with Gasteiger partial charge in [-0.25, -0.2) is 4.99 Å². The molecule has 4 nitrogen and oxygen atoms in total. The average molecular weight is 491 g/mol. The molecular formula is C20H34IN3OS. The number of hydrogen-bond acceptors (Lipinski definition) is 3. The van der Waals surface area contributed by atoms with Gasteiger partial charge in [0.1, 0.15) is 0 Å². The summed E-state index contributed by atoms with van der Waals surface area (Å²) < 4.78 is 0. The van der Waals surface area contributed by atoms with E-state index in [9.17, 15) is 5.11 Å². The third-order valence-electron chi connectivity index (χ3n) is 5.42. The Kier molecular flexibility index (Phi) is 8.22. The van der Waals surface area contributed by atoms with Crippen molar-refractivity contribution in [1.82, 2.24) is 10.6 Å². The van der Waals surface area contributed by atoms with Gasteiger partial charge in [-0.3, -0.25) is 0 Å². The third-order valence-corrected chi connectivity index (χ3v) is 6.64. The molecular weight excluding hydrogens is 457 g/mol. The highest BCUT2D eigenvalue weighted by molar-refractivity contribution is 14.0. The highest BCUT2D eigenvalue weighted by Crippen LogP contribution is 2.38. The standard InChI is InChI=1S/C20H33N3OS.HI/c1-4-21-19(23-15-5-7-16(24)8-6-15)22-13-17-11-14-12-20(2,3)10-9-18(14)25-17;/h11,15-16,24H,4-10,12-13H2,1-3H3,(H2,21,22,23);1H. The summed E-state index contributed by atoms with van der Waals surface area (Å²) in [5, 5.41) is 16.6. The summed E-state index contributed by atoms with van der Waals surface area (Å²) in [7, 11) is 0. The van der Waals surface area contributed by atoms with Gasteiger partial charge in [0, 0.05) is 22.3 Å². The van der Waals surface area contributed by atoms with E-state index in [4.69, 9.17) is 4.99 Å². The van der Waals surface area contributed by atoms with Gasteiger partial charge >= 0.3 is 0 Å². The molecule has 26 heavy (non-hydrogen) atoms. The highest BCUT2D eigenvalue weighted by Gasteiger charge is 2.26. The molecule has 1 heterocycles. The Balaban J connectivity index is 0.00000243. The molecule has 1 aromatic rings. The second-order valence-corrected chi connectivity index (χ2v) is 9.57. The fraction of sp³-hybridized carbons (Fsp3) is 0.750. The minimum atomic E-state index is -0.112. The molecule has 0 unspecified atom stereocenters. The van der Waals surface area contributed by atoms with Gasteiger partial charge in [0.15, 0.2) is 5.96 Å². The van der Waals surface area contributed by atoms with Gasteiger partial charge in [-0.2, -0.15) is 0 Å². The summed E-state index contributed by atoms with van der Waals surface area (Å²) in [6.07, 6.45) is 7.43. The number of hydrogen-bond donors (Lipinski definition) is 3. The first-order valence-electron chi connectivity index (χ1n) is 9.78. The number of aliphatic hydroxyl groups excluding tert-OH is 1. The molecule has 2 aliphatic rings. The molecule has 0 aromatic carbocycles. The molecule has 1 fully saturated rings. The van der Waals surface area contributed by atoms with Crippen LogP contribution in [0.2, 0.25) is 0 Å². The van der Waals surface area contributed by atoms with E-state index < -0.39 is 0 Å². The quantitative estimate of drug-likeness (QED) is 0.336. The fourth-order valence-electron chi connectivity index (χ4n) is 3.91. The van der Waals surface area contributed by atoms with Crippen LogP contribution in [0.15, 0.2) is 11.1 Å². The lowest BCUT2D eigenvalue weighted by molar-refractivity contribution is 0.120. The SMILES string of the molecule is CCNC(=NCc1cc2c(s1)CCC(C)(C)C2)NC1CCC(O)CC1.I. The lowest BCUT2D eigenvalue weighted by Crippen LogP contribution is -2.45. The fourth-order valence-corrected chi connectivity index (χ4v) is 5.03. The van der Waals surface area contributed by atoms with E-state index >= 15 is 0 Å². The maximum atomic E-state index is 9.66. The molecule has 148 valence electrons. The monoisotopic (exact) mass is 491 g/mol. The summed E-state index contributed by atoms with van der Waals surface area (Å²) in [4.78, 5) is 7.77. The maximum Gasteiger partial charge on any atom is 0.191 e. The van der Waals surface area contributed by atoms with Gasteiger partial charge in [-0.15, -0.1) is 35.3 Å². The third kappa shape index (κ3) is 6.09. The van der Waals surface area contributed by atoms with Crippen molar-refractivity contribution in [3.05, 3.63) is 21.4 Å². The summed E-state index contributed by atoms with van der Waals surface area (Å²) in [6.45, 7) is 8.48. The molecule has 0 bridgehead atoms. The van der Waals surface area contributed by atoms with Gasteiger partial charge in [0.2, 0.25) is 0 Å². The van der Waals surface area contributed by atoms with Crippen molar-refractivity contribution in [3.8, 4) is 0 Å². The number of nitrogens with zero attached hydrogens (tertiary/aromatic N) is 1. The number of aliphatic imine (C=N–C) groups is 1. The number of nitrogens with one attached hydrogen (secondary N) is 2. The smallest absolute Gasteiger partial charge is 0.191 e. The number of fused-ring (bicyclic) bond motifs is 1. The van der Waals surface area contributed by atoms with Crippen molar-refractivity contribution in [2.24, 2.45) is 10.4 Å². The van der Waals surface area contributed by atoms with Crippen molar-refractivity contribution in [1.29, 1.82) is 0 Å². The Morgan fingerprint density at radius 3 is 2.73 bits per heavy atom. The molecule has 3 rings (SSSR count). The van der Waals surface area contributed by atoms with Crippen LogP contribution in [0.5, 0.6) is 0 Å². The lowest BCUT2D eigenvalue weighted by Gasteiger charge is -2.29. The highest BCUT2D eigenvalue weighted by atomic mass is 127. The lowest BCUT2D eigenvalue weighted by atomic mass is 9.77. The van der Waals surface area contributed by atoms with Crippen LogP contribution < -0.4 is 10.6 Å². The molecule has 2 aliphatic carbocycles. The first-order valence-corrected chi connectivity index (χ1v) is 10.6. The molecule has 3 N–H and O–H groups in total. The zero-order valence-corrected chi connectivity index (χ0v) is 19.5. The number of thiophene rings is 1. The normalized spacial score (nSPS) is 25.2. The number of aryl methyl sites for hydroxylation is 1. The Morgan fingerprint density at radius 1 is 1.31 bits per heavy atom. The zero-order chi connectivity index (χ0) is 17.9. The summed E-state index contributed by atoms with van der Waals surface area (Å²) >= 11 is 1.95. The molecule has 1 aromatic heterocycles. The van der Waals surface area contributed by atoms with Gasteiger partial charge in [0.05, 0.1) is 12.6 Å². The second-order valence-electron chi connectivity index (χ2n) is 8.35. The molecule has 0 radical (unpaired) electrons. The molecule has 0 saturated heterocycles. The first-order chi connectivity index (χ1) is 11.9. The molecule has 0 spiro atoms. The van der Waals surface area contributed by atoms with Gasteiger partial charge in [-0.1, -0.05) is 13.8 Å². The van der Waals surface area contributed by atoms with E-state index in [1.165, 1.54) is 24.1 Å². The Morgan fingerprint density at radius 2 is 2.04 bits per heavy atom. The zero-order valence-electron chi connectivity index (χ0n) is 16.3. The van der Waals surface area contributed by atoms with Crippen molar-refractivity contribution in [3.63, 3.8) is 0 Å². The number of guanidine groups is 1. The maximum absolute atomic E-state index is 9.66. The minimum Gasteiger partial charge on any atom is -0.393 e. The molecule has 6 heteroatoms. The van der Waals surface area contributed by atoms with E-state index in [2.05, 4.69) is 37.5 Å². The van der Waals surface area contributed by atoms with E-state index in [0.29, 0.717) is 11.5 Å². The minimum absolute atomic E-state index is 0. The summed E-state index contributed by atoms with van der Waals surface area (Å²) in [5.41, 5.74) is 1.99. The van der Waals surface area contributed by atoms with E-state index in [0.717, 1.165) is 44.7 Å². The van der Waals surface area contributed by atoms with Gasteiger partial charge in [0.25, 0.3) is 0 Å². The van der Waals surface area contributed by atoms with Crippen LogP contribution in [0.3, 0.4) is 0 Å². The van der Waals surface area contributed by atoms with Crippen molar-refractivity contribution in [2.45, 2.75) is 84.4 Å². The number of aliphatic hydroxyl groups is 1. The van der Waals surface area contributed by atoms with Crippen LogP contribution in [0.4, 0.5) is 0 Å². The van der Waals surface area contributed by atoms with Gasteiger partial charge < -0.3 is 15.7 Å². The van der Waals surface area contributed by atoms with Crippen LogP contribution in [0.1, 0.15) is 68.2 Å². The van der Waals surface area contributed by atoms with Gasteiger partial charge in [-0.05, 0) is 68.9 Å². The Bertz CT molecular complexity index is 606. The predicted molar refractivity (Wildman–Crippen MR) is 122 cm³/mol. The van der Waals surface area contributed by atoms with Crippen LogP contribution >= 0.6 is 35.3 Å².